The monoisotopic (exact) mass is 253 g/mol. The smallest absolute Gasteiger partial charge is 0.306 e. The molecule has 4 nitrogen and oxygen atoms in total. The minimum Gasteiger partial charge on any atom is -0.481 e. The van der Waals surface area contributed by atoms with Gasteiger partial charge in [0, 0.05) is 19.0 Å². The first-order valence-corrected chi connectivity index (χ1v) is 6.54. The lowest BCUT2D eigenvalue weighted by Gasteiger charge is -2.41. The van der Waals surface area contributed by atoms with Gasteiger partial charge in [0.1, 0.15) is 0 Å². The zero-order valence-corrected chi connectivity index (χ0v) is 10.4. The van der Waals surface area contributed by atoms with E-state index in [-0.39, 0.29) is 17.7 Å². The molecule has 5 heteroatoms. The van der Waals surface area contributed by atoms with Crippen LogP contribution in [0.4, 0.5) is 0 Å². The number of aliphatic carboxylic acids is 1. The van der Waals surface area contributed by atoms with Crippen LogP contribution in [0.1, 0.15) is 12.5 Å². The van der Waals surface area contributed by atoms with E-state index >= 15 is 0 Å². The molecule has 92 valence electrons. The fourth-order valence-corrected chi connectivity index (χ4v) is 2.58. The van der Waals surface area contributed by atoms with E-state index in [4.69, 9.17) is 5.11 Å². The first kappa shape index (κ1) is 12.1. The van der Waals surface area contributed by atoms with Gasteiger partial charge >= 0.3 is 5.97 Å². The molecule has 1 fully saturated rings. The lowest BCUT2D eigenvalue weighted by Crippen LogP contribution is -2.53. The van der Waals surface area contributed by atoms with Crippen LogP contribution >= 0.6 is 11.3 Å². The number of thiophene rings is 1. The summed E-state index contributed by atoms with van der Waals surface area (Å²) in [5.74, 6) is -0.934. The standard InChI is InChI=1S/C12H15NO3S/c1-8(12(15)16)10-5-13(6-10)11(14)4-9-2-3-17-7-9/h2-3,7-8,10H,4-6H2,1H3,(H,15,16). The quantitative estimate of drug-likeness (QED) is 0.884. The molecule has 2 heterocycles. The first-order chi connectivity index (χ1) is 8.08. The molecule has 1 amide bonds. The van der Waals surface area contributed by atoms with E-state index in [0.717, 1.165) is 5.56 Å². The van der Waals surface area contributed by atoms with Gasteiger partial charge in [-0.15, -0.1) is 0 Å². The molecule has 1 unspecified atom stereocenters. The summed E-state index contributed by atoms with van der Waals surface area (Å²) in [6, 6.07) is 1.94. The third-order valence-electron chi connectivity index (χ3n) is 3.29. The van der Waals surface area contributed by atoms with Crippen LogP contribution in [-0.2, 0) is 16.0 Å². The fourth-order valence-electron chi connectivity index (χ4n) is 1.91. The van der Waals surface area contributed by atoms with Gasteiger partial charge in [-0.3, -0.25) is 9.59 Å². The second kappa shape index (κ2) is 4.87. The van der Waals surface area contributed by atoms with Crippen LogP contribution < -0.4 is 0 Å². The third-order valence-corrected chi connectivity index (χ3v) is 4.03. The third kappa shape index (κ3) is 2.66. The molecule has 0 saturated carbocycles. The topological polar surface area (TPSA) is 57.6 Å². The van der Waals surface area contributed by atoms with Gasteiger partial charge in [-0.1, -0.05) is 6.92 Å². The number of hydrogen-bond acceptors (Lipinski definition) is 3. The molecule has 0 bridgehead atoms. The van der Waals surface area contributed by atoms with Crippen molar-refractivity contribution in [1.82, 2.24) is 4.90 Å². The van der Waals surface area contributed by atoms with E-state index in [9.17, 15) is 9.59 Å². The van der Waals surface area contributed by atoms with Crippen molar-refractivity contribution >= 4 is 23.2 Å². The van der Waals surface area contributed by atoms with E-state index in [1.54, 1.807) is 23.2 Å². The van der Waals surface area contributed by atoms with Gasteiger partial charge in [0.25, 0.3) is 0 Å². The minimum absolute atomic E-state index is 0.0947. The van der Waals surface area contributed by atoms with Crippen molar-refractivity contribution in [3.63, 3.8) is 0 Å². The van der Waals surface area contributed by atoms with Gasteiger partial charge in [-0.25, -0.2) is 0 Å². The van der Waals surface area contributed by atoms with Gasteiger partial charge in [0.15, 0.2) is 0 Å². The Morgan fingerprint density at radius 2 is 2.29 bits per heavy atom. The number of hydrogen-bond donors (Lipinski definition) is 1. The number of carbonyl (C=O) groups excluding carboxylic acids is 1. The lowest BCUT2D eigenvalue weighted by molar-refractivity contribution is -0.150. The molecule has 1 atom stereocenters. The highest BCUT2D eigenvalue weighted by molar-refractivity contribution is 7.07. The maximum Gasteiger partial charge on any atom is 0.306 e. The van der Waals surface area contributed by atoms with E-state index in [0.29, 0.717) is 19.5 Å². The Bertz CT molecular complexity index is 409. The zero-order chi connectivity index (χ0) is 12.4. The highest BCUT2D eigenvalue weighted by atomic mass is 32.1. The Kier molecular flexibility index (Phi) is 3.47. The summed E-state index contributed by atoms with van der Waals surface area (Å²) in [4.78, 5) is 24.3. The molecular weight excluding hydrogens is 238 g/mol. The molecule has 0 aliphatic carbocycles. The van der Waals surface area contributed by atoms with Crippen LogP contribution in [0.3, 0.4) is 0 Å². The van der Waals surface area contributed by atoms with Gasteiger partial charge in [0.05, 0.1) is 12.3 Å². The molecule has 1 saturated heterocycles. The molecule has 1 aliphatic heterocycles. The average molecular weight is 253 g/mol. The van der Waals surface area contributed by atoms with Crippen molar-refractivity contribution in [2.75, 3.05) is 13.1 Å². The number of carboxylic acids is 1. The fraction of sp³-hybridized carbons (Fsp3) is 0.500. The molecule has 1 aromatic heterocycles. The molecule has 2 rings (SSSR count). The van der Waals surface area contributed by atoms with Crippen LogP contribution in [0.2, 0.25) is 0 Å². The molecular formula is C12H15NO3S. The van der Waals surface area contributed by atoms with Crippen LogP contribution in [0.15, 0.2) is 16.8 Å². The number of carbonyl (C=O) groups is 2. The molecule has 1 aromatic rings. The maximum absolute atomic E-state index is 11.8. The van der Waals surface area contributed by atoms with E-state index < -0.39 is 5.97 Å². The van der Waals surface area contributed by atoms with Crippen LogP contribution in [0, 0.1) is 11.8 Å². The van der Waals surface area contributed by atoms with Gasteiger partial charge in [-0.2, -0.15) is 11.3 Å². The van der Waals surface area contributed by atoms with Crippen molar-refractivity contribution in [3.05, 3.63) is 22.4 Å². The largest absolute Gasteiger partial charge is 0.481 e. The summed E-state index contributed by atoms with van der Waals surface area (Å²) in [5, 5.41) is 12.8. The molecule has 17 heavy (non-hydrogen) atoms. The van der Waals surface area contributed by atoms with Gasteiger partial charge in [0.2, 0.25) is 5.91 Å². The Labute approximate surface area is 104 Å². The SMILES string of the molecule is CC(C(=O)O)C1CN(C(=O)Cc2ccsc2)C1. The maximum atomic E-state index is 11.8. The predicted octanol–water partition coefficient (Wildman–Crippen LogP) is 1.47. The average Bonchev–Trinajstić information content (AvgIpc) is 2.67. The van der Waals surface area contributed by atoms with Crippen molar-refractivity contribution in [2.24, 2.45) is 11.8 Å². The molecule has 0 spiro atoms. The predicted molar refractivity (Wildman–Crippen MR) is 64.9 cm³/mol. The zero-order valence-electron chi connectivity index (χ0n) is 9.63. The number of amides is 1. The summed E-state index contributed by atoms with van der Waals surface area (Å²) >= 11 is 1.58. The lowest BCUT2D eigenvalue weighted by atomic mass is 9.87. The number of carboxylic acid groups (broad SMARTS) is 1. The van der Waals surface area contributed by atoms with Crippen LogP contribution in [0.25, 0.3) is 0 Å². The van der Waals surface area contributed by atoms with Crippen molar-refractivity contribution in [3.8, 4) is 0 Å². The highest BCUT2D eigenvalue weighted by Crippen LogP contribution is 2.24. The molecule has 1 aliphatic rings. The van der Waals surface area contributed by atoms with Gasteiger partial charge in [-0.05, 0) is 22.4 Å². The Morgan fingerprint density at radius 1 is 1.59 bits per heavy atom. The number of likely N-dealkylation sites (tertiary alicyclic amines) is 1. The Morgan fingerprint density at radius 3 is 2.82 bits per heavy atom. The summed E-state index contributed by atoms with van der Waals surface area (Å²) < 4.78 is 0. The van der Waals surface area contributed by atoms with Gasteiger partial charge < -0.3 is 10.0 Å². The molecule has 0 aromatic carbocycles. The second-order valence-electron chi connectivity index (χ2n) is 4.49. The molecule has 1 N–H and O–H groups in total. The van der Waals surface area contributed by atoms with E-state index in [1.165, 1.54) is 0 Å². The van der Waals surface area contributed by atoms with Crippen molar-refractivity contribution < 1.29 is 14.7 Å². The Hall–Kier alpha value is -1.36. The number of rotatable bonds is 4. The van der Waals surface area contributed by atoms with Crippen LogP contribution in [-0.4, -0.2) is 35.0 Å². The highest BCUT2D eigenvalue weighted by Gasteiger charge is 2.36. The molecule has 0 radical (unpaired) electrons. The normalized spacial score (nSPS) is 17.6. The summed E-state index contributed by atoms with van der Waals surface area (Å²) in [6.45, 7) is 2.86. The Balaban J connectivity index is 1.80. The summed E-state index contributed by atoms with van der Waals surface area (Å²) in [6.07, 6.45) is 0.428. The second-order valence-corrected chi connectivity index (χ2v) is 5.27. The number of nitrogens with zero attached hydrogens (tertiary/aromatic N) is 1. The van der Waals surface area contributed by atoms with Crippen LogP contribution in [0.5, 0.6) is 0 Å². The van der Waals surface area contributed by atoms with E-state index in [2.05, 4.69) is 0 Å². The van der Waals surface area contributed by atoms with Crippen molar-refractivity contribution in [1.29, 1.82) is 0 Å². The summed E-state index contributed by atoms with van der Waals surface area (Å²) in [7, 11) is 0. The minimum atomic E-state index is -0.778. The van der Waals surface area contributed by atoms with Crippen molar-refractivity contribution in [2.45, 2.75) is 13.3 Å². The first-order valence-electron chi connectivity index (χ1n) is 5.59. The van der Waals surface area contributed by atoms with E-state index in [1.807, 2.05) is 16.8 Å². The summed E-state index contributed by atoms with van der Waals surface area (Å²) in [5.41, 5.74) is 1.04.